The largest absolute Gasteiger partial charge is 0.497 e. The Morgan fingerprint density at radius 2 is 1.90 bits per heavy atom. The highest BCUT2D eigenvalue weighted by Gasteiger charge is 2.07. The Bertz CT molecular complexity index is 749. The predicted octanol–water partition coefficient (Wildman–Crippen LogP) is 2.86. The molecule has 21 heavy (non-hydrogen) atoms. The van der Waals surface area contributed by atoms with Gasteiger partial charge in [-0.3, -0.25) is 4.40 Å². The van der Waals surface area contributed by atoms with Crippen molar-refractivity contribution in [3.8, 4) is 17.0 Å². The first kappa shape index (κ1) is 13.4. The molecule has 0 radical (unpaired) electrons. The van der Waals surface area contributed by atoms with Gasteiger partial charge in [0.15, 0.2) is 0 Å². The van der Waals surface area contributed by atoms with Crippen LogP contribution in [-0.4, -0.2) is 35.1 Å². The Balaban J connectivity index is 1.99. The fraction of sp³-hybridized carbons (Fsp3) is 0.250. The summed E-state index contributed by atoms with van der Waals surface area (Å²) in [4.78, 5) is 11.3. The van der Waals surface area contributed by atoms with Gasteiger partial charge < -0.3 is 9.64 Å². The first-order chi connectivity index (χ1) is 10.2. The second kappa shape index (κ2) is 5.44. The number of benzene rings is 1. The summed E-state index contributed by atoms with van der Waals surface area (Å²) >= 11 is 0. The molecule has 2 aromatic heterocycles. The fourth-order valence-electron chi connectivity index (χ4n) is 2.14. The molecule has 0 saturated carbocycles. The van der Waals surface area contributed by atoms with E-state index in [4.69, 9.17) is 4.74 Å². The zero-order chi connectivity index (χ0) is 14.8. The minimum atomic E-state index is 0.707. The molecule has 5 heteroatoms. The molecule has 3 rings (SSSR count). The van der Waals surface area contributed by atoms with Crippen molar-refractivity contribution in [2.45, 2.75) is 6.92 Å². The van der Waals surface area contributed by atoms with Crippen LogP contribution in [-0.2, 0) is 0 Å². The van der Waals surface area contributed by atoms with Gasteiger partial charge in [0.2, 0.25) is 5.78 Å². The van der Waals surface area contributed by atoms with E-state index in [0.717, 1.165) is 29.4 Å². The number of hydrogen-bond donors (Lipinski definition) is 0. The van der Waals surface area contributed by atoms with Crippen LogP contribution in [0.15, 0.2) is 42.7 Å². The van der Waals surface area contributed by atoms with Crippen LogP contribution in [0, 0.1) is 0 Å². The summed E-state index contributed by atoms with van der Waals surface area (Å²) in [5, 5.41) is 0. The highest BCUT2D eigenvalue weighted by Crippen LogP contribution is 2.22. The summed E-state index contributed by atoms with van der Waals surface area (Å²) in [5.41, 5.74) is 1.95. The third kappa shape index (κ3) is 2.54. The van der Waals surface area contributed by atoms with Crippen molar-refractivity contribution in [3.63, 3.8) is 0 Å². The van der Waals surface area contributed by atoms with Crippen LogP contribution in [0.25, 0.3) is 17.0 Å². The van der Waals surface area contributed by atoms with Crippen molar-refractivity contribution in [1.29, 1.82) is 0 Å². The predicted molar refractivity (Wildman–Crippen MR) is 83.9 cm³/mol. The SMILES string of the molecule is CCN(C)c1ccn2cc(-c3ccc(OC)cc3)nc2n1. The van der Waals surface area contributed by atoms with Crippen molar-refractivity contribution < 1.29 is 4.74 Å². The molecule has 0 fully saturated rings. The first-order valence-electron chi connectivity index (χ1n) is 6.92. The number of aromatic nitrogens is 3. The molecule has 0 aliphatic rings. The molecule has 0 aliphatic carbocycles. The maximum atomic E-state index is 5.17. The summed E-state index contributed by atoms with van der Waals surface area (Å²) in [7, 11) is 3.68. The third-order valence-electron chi connectivity index (χ3n) is 3.56. The molecule has 0 saturated heterocycles. The number of ether oxygens (including phenoxy) is 1. The van der Waals surface area contributed by atoms with E-state index >= 15 is 0 Å². The lowest BCUT2D eigenvalue weighted by atomic mass is 10.2. The molecule has 0 amide bonds. The summed E-state index contributed by atoms with van der Waals surface area (Å²) < 4.78 is 7.11. The lowest BCUT2D eigenvalue weighted by Gasteiger charge is -2.14. The van der Waals surface area contributed by atoms with E-state index in [1.165, 1.54) is 0 Å². The molecular weight excluding hydrogens is 264 g/mol. The smallest absolute Gasteiger partial charge is 0.236 e. The van der Waals surface area contributed by atoms with Crippen LogP contribution >= 0.6 is 0 Å². The Hall–Kier alpha value is -2.56. The van der Waals surface area contributed by atoms with Gasteiger partial charge in [0.1, 0.15) is 11.6 Å². The molecule has 0 aliphatic heterocycles. The van der Waals surface area contributed by atoms with Gasteiger partial charge in [0.05, 0.1) is 12.8 Å². The molecule has 108 valence electrons. The second-order valence-electron chi connectivity index (χ2n) is 4.86. The standard InChI is InChI=1S/C16H18N4O/c1-4-19(2)15-9-10-20-11-14(17-16(20)18-15)12-5-7-13(21-3)8-6-12/h5-11H,4H2,1-3H3. The van der Waals surface area contributed by atoms with E-state index in [-0.39, 0.29) is 0 Å². The average Bonchev–Trinajstić information content (AvgIpc) is 2.97. The van der Waals surface area contributed by atoms with E-state index in [9.17, 15) is 0 Å². The molecule has 5 nitrogen and oxygen atoms in total. The van der Waals surface area contributed by atoms with Crippen molar-refractivity contribution in [2.24, 2.45) is 0 Å². The van der Waals surface area contributed by atoms with Gasteiger partial charge in [-0.2, -0.15) is 4.98 Å². The average molecular weight is 282 g/mol. The summed E-state index contributed by atoms with van der Waals surface area (Å²) in [6.07, 6.45) is 3.98. The van der Waals surface area contributed by atoms with Crippen LogP contribution < -0.4 is 9.64 Å². The van der Waals surface area contributed by atoms with Gasteiger partial charge in [-0.15, -0.1) is 0 Å². The normalized spacial score (nSPS) is 10.8. The maximum absolute atomic E-state index is 5.17. The minimum Gasteiger partial charge on any atom is -0.497 e. The number of anilines is 1. The highest BCUT2D eigenvalue weighted by molar-refractivity contribution is 5.62. The second-order valence-corrected chi connectivity index (χ2v) is 4.86. The van der Waals surface area contributed by atoms with E-state index in [1.807, 2.05) is 54.2 Å². The van der Waals surface area contributed by atoms with E-state index in [1.54, 1.807) is 7.11 Å². The van der Waals surface area contributed by atoms with Gasteiger partial charge >= 0.3 is 0 Å². The lowest BCUT2D eigenvalue weighted by Crippen LogP contribution is -2.17. The number of fused-ring (bicyclic) bond motifs is 1. The van der Waals surface area contributed by atoms with Crippen LogP contribution in [0.1, 0.15) is 6.92 Å². The molecule has 3 aromatic rings. The zero-order valence-corrected chi connectivity index (χ0v) is 12.4. The molecule has 1 aromatic carbocycles. The monoisotopic (exact) mass is 282 g/mol. The van der Waals surface area contributed by atoms with Gasteiger partial charge in [-0.1, -0.05) is 0 Å². The Kier molecular flexibility index (Phi) is 3.48. The topological polar surface area (TPSA) is 42.7 Å². The van der Waals surface area contributed by atoms with Crippen LogP contribution in [0.2, 0.25) is 0 Å². The quantitative estimate of drug-likeness (QED) is 0.738. The molecule has 0 unspecified atom stereocenters. The van der Waals surface area contributed by atoms with Crippen molar-refractivity contribution >= 4 is 11.6 Å². The molecule has 0 N–H and O–H groups in total. The molecule has 2 heterocycles. The zero-order valence-electron chi connectivity index (χ0n) is 12.4. The number of rotatable bonds is 4. The van der Waals surface area contributed by atoms with Crippen LogP contribution in [0.3, 0.4) is 0 Å². The van der Waals surface area contributed by atoms with E-state index in [0.29, 0.717) is 5.78 Å². The third-order valence-corrected chi connectivity index (χ3v) is 3.56. The minimum absolute atomic E-state index is 0.707. The Labute approximate surface area is 123 Å². The van der Waals surface area contributed by atoms with Crippen LogP contribution in [0.4, 0.5) is 5.82 Å². The lowest BCUT2D eigenvalue weighted by molar-refractivity contribution is 0.415. The van der Waals surface area contributed by atoms with Gasteiger partial charge in [0, 0.05) is 31.5 Å². The van der Waals surface area contributed by atoms with Crippen molar-refractivity contribution in [2.75, 3.05) is 25.6 Å². The summed E-state index contributed by atoms with van der Waals surface area (Å²) in [5.74, 6) is 2.47. The highest BCUT2D eigenvalue weighted by atomic mass is 16.5. The first-order valence-corrected chi connectivity index (χ1v) is 6.92. The summed E-state index contributed by atoms with van der Waals surface area (Å²) in [6.45, 7) is 3.01. The van der Waals surface area contributed by atoms with Gasteiger partial charge in [-0.05, 0) is 37.3 Å². The fourth-order valence-corrected chi connectivity index (χ4v) is 2.14. The molecule has 0 spiro atoms. The Morgan fingerprint density at radius 1 is 1.14 bits per heavy atom. The van der Waals surface area contributed by atoms with Gasteiger partial charge in [-0.25, -0.2) is 4.98 Å². The molecular formula is C16H18N4O. The number of methoxy groups -OCH3 is 1. The van der Waals surface area contributed by atoms with Gasteiger partial charge in [0.25, 0.3) is 0 Å². The van der Waals surface area contributed by atoms with Crippen LogP contribution in [0.5, 0.6) is 5.75 Å². The van der Waals surface area contributed by atoms with Crippen molar-refractivity contribution in [1.82, 2.24) is 14.4 Å². The van der Waals surface area contributed by atoms with E-state index in [2.05, 4.69) is 21.8 Å². The molecule has 0 atom stereocenters. The molecule has 0 bridgehead atoms. The summed E-state index contributed by atoms with van der Waals surface area (Å²) in [6, 6.07) is 9.86. The Morgan fingerprint density at radius 3 is 2.57 bits per heavy atom. The maximum Gasteiger partial charge on any atom is 0.236 e. The number of nitrogens with zero attached hydrogens (tertiary/aromatic N) is 4. The van der Waals surface area contributed by atoms with E-state index < -0.39 is 0 Å². The number of imidazole rings is 1. The van der Waals surface area contributed by atoms with Crippen molar-refractivity contribution in [3.05, 3.63) is 42.7 Å². The number of hydrogen-bond acceptors (Lipinski definition) is 4.